The molecule has 0 aliphatic carbocycles. The molecule has 0 aromatic carbocycles. The maximum Gasteiger partial charge on any atom is 0.121 e. The topological polar surface area (TPSA) is 29.1 Å². The SMILES string of the molecule is O=CC[C@H]1CNCS1. The highest BCUT2D eigenvalue weighted by Gasteiger charge is 2.12. The molecule has 1 atom stereocenters. The van der Waals surface area contributed by atoms with Crippen molar-refractivity contribution in [3.8, 4) is 0 Å². The molecular weight excluding hydrogens is 122 g/mol. The molecule has 1 fully saturated rings. The average molecular weight is 131 g/mol. The molecular formula is C5H9NOS. The van der Waals surface area contributed by atoms with Gasteiger partial charge in [-0.1, -0.05) is 0 Å². The van der Waals surface area contributed by atoms with Crippen molar-refractivity contribution in [2.24, 2.45) is 0 Å². The normalized spacial score (nSPS) is 28.2. The van der Waals surface area contributed by atoms with Gasteiger partial charge in [-0.15, -0.1) is 11.8 Å². The second-order valence-electron chi connectivity index (χ2n) is 1.79. The average Bonchev–Trinajstić information content (AvgIpc) is 2.19. The van der Waals surface area contributed by atoms with E-state index in [-0.39, 0.29) is 0 Å². The number of hydrogen-bond donors (Lipinski definition) is 1. The number of rotatable bonds is 2. The molecule has 0 spiro atoms. The second kappa shape index (κ2) is 3.10. The van der Waals surface area contributed by atoms with E-state index in [1.807, 2.05) is 11.8 Å². The van der Waals surface area contributed by atoms with Gasteiger partial charge in [0.15, 0.2) is 0 Å². The summed E-state index contributed by atoms with van der Waals surface area (Å²) in [5.74, 6) is 1.01. The Kier molecular flexibility index (Phi) is 2.36. The van der Waals surface area contributed by atoms with Crippen molar-refractivity contribution >= 4 is 18.0 Å². The van der Waals surface area contributed by atoms with E-state index in [2.05, 4.69) is 5.32 Å². The van der Waals surface area contributed by atoms with Gasteiger partial charge in [-0.3, -0.25) is 0 Å². The van der Waals surface area contributed by atoms with Gasteiger partial charge in [0.1, 0.15) is 6.29 Å². The molecule has 0 radical (unpaired) electrons. The molecule has 0 amide bonds. The summed E-state index contributed by atoms with van der Waals surface area (Å²) in [6.07, 6.45) is 1.70. The van der Waals surface area contributed by atoms with Crippen LogP contribution in [0.4, 0.5) is 0 Å². The molecule has 1 rings (SSSR count). The van der Waals surface area contributed by atoms with Crippen molar-refractivity contribution in [2.45, 2.75) is 11.7 Å². The van der Waals surface area contributed by atoms with Crippen molar-refractivity contribution in [1.82, 2.24) is 5.32 Å². The van der Waals surface area contributed by atoms with Crippen LogP contribution < -0.4 is 5.32 Å². The van der Waals surface area contributed by atoms with Crippen LogP contribution in [-0.2, 0) is 4.79 Å². The van der Waals surface area contributed by atoms with E-state index in [0.29, 0.717) is 11.7 Å². The van der Waals surface area contributed by atoms with E-state index in [9.17, 15) is 4.79 Å². The number of nitrogens with one attached hydrogen (secondary N) is 1. The van der Waals surface area contributed by atoms with E-state index < -0.39 is 0 Å². The Labute approximate surface area is 53.0 Å². The molecule has 0 aromatic heterocycles. The van der Waals surface area contributed by atoms with Gasteiger partial charge in [0.2, 0.25) is 0 Å². The van der Waals surface area contributed by atoms with E-state index >= 15 is 0 Å². The molecule has 1 aliphatic rings. The fourth-order valence-corrected chi connectivity index (χ4v) is 1.64. The zero-order valence-electron chi connectivity index (χ0n) is 4.59. The van der Waals surface area contributed by atoms with Crippen molar-refractivity contribution in [3.63, 3.8) is 0 Å². The predicted octanol–water partition coefficient (Wildman–Crippen LogP) is 0.238. The van der Waals surface area contributed by atoms with Gasteiger partial charge in [-0.05, 0) is 0 Å². The lowest BCUT2D eigenvalue weighted by atomic mass is 10.3. The Morgan fingerprint density at radius 1 is 1.88 bits per heavy atom. The highest BCUT2D eigenvalue weighted by atomic mass is 32.2. The lowest BCUT2D eigenvalue weighted by Gasteiger charge is -1.97. The molecule has 8 heavy (non-hydrogen) atoms. The van der Waals surface area contributed by atoms with Gasteiger partial charge in [0.25, 0.3) is 0 Å². The van der Waals surface area contributed by atoms with Crippen molar-refractivity contribution in [2.75, 3.05) is 12.4 Å². The van der Waals surface area contributed by atoms with E-state index in [1.54, 1.807) is 0 Å². The van der Waals surface area contributed by atoms with E-state index in [4.69, 9.17) is 0 Å². The predicted molar refractivity (Wildman–Crippen MR) is 34.9 cm³/mol. The number of aldehydes is 1. The molecule has 0 aromatic rings. The highest BCUT2D eigenvalue weighted by molar-refractivity contribution is 8.00. The monoisotopic (exact) mass is 131 g/mol. The molecule has 1 N–H and O–H groups in total. The van der Waals surface area contributed by atoms with Crippen LogP contribution in [0.1, 0.15) is 6.42 Å². The first-order valence-corrected chi connectivity index (χ1v) is 3.74. The first-order chi connectivity index (χ1) is 3.93. The smallest absolute Gasteiger partial charge is 0.121 e. The van der Waals surface area contributed by atoms with Crippen molar-refractivity contribution in [1.29, 1.82) is 0 Å². The van der Waals surface area contributed by atoms with Crippen molar-refractivity contribution < 1.29 is 4.79 Å². The first-order valence-electron chi connectivity index (χ1n) is 2.69. The van der Waals surface area contributed by atoms with Gasteiger partial charge < -0.3 is 10.1 Å². The summed E-state index contributed by atoms with van der Waals surface area (Å²) in [6, 6.07) is 0. The Morgan fingerprint density at radius 2 is 2.75 bits per heavy atom. The Hall–Kier alpha value is -0.0200. The molecule has 3 heteroatoms. The second-order valence-corrected chi connectivity index (χ2v) is 3.08. The van der Waals surface area contributed by atoms with Gasteiger partial charge in [0.05, 0.1) is 0 Å². The number of thioether (sulfide) groups is 1. The minimum Gasteiger partial charge on any atom is -0.307 e. The molecule has 1 aliphatic heterocycles. The fraction of sp³-hybridized carbons (Fsp3) is 0.800. The maximum absolute atomic E-state index is 9.92. The summed E-state index contributed by atoms with van der Waals surface area (Å²) in [7, 11) is 0. The minimum absolute atomic E-state index is 0.549. The summed E-state index contributed by atoms with van der Waals surface area (Å²) < 4.78 is 0. The molecule has 1 saturated heterocycles. The van der Waals surface area contributed by atoms with Crippen LogP contribution in [0.5, 0.6) is 0 Å². The highest BCUT2D eigenvalue weighted by Crippen LogP contribution is 2.15. The zero-order valence-corrected chi connectivity index (χ0v) is 5.41. The van der Waals surface area contributed by atoms with Gasteiger partial charge in [0, 0.05) is 24.1 Å². The molecule has 0 unspecified atom stereocenters. The molecule has 0 saturated carbocycles. The molecule has 2 nitrogen and oxygen atoms in total. The Balaban J connectivity index is 2.14. The zero-order chi connectivity index (χ0) is 5.82. The van der Waals surface area contributed by atoms with Crippen LogP contribution in [0.2, 0.25) is 0 Å². The first kappa shape index (κ1) is 6.11. The summed E-state index contributed by atoms with van der Waals surface area (Å²) in [4.78, 5) is 9.92. The molecule has 1 heterocycles. The molecule has 46 valence electrons. The van der Waals surface area contributed by atoms with Crippen LogP contribution in [0, 0.1) is 0 Å². The number of carbonyl (C=O) groups excluding carboxylic acids is 1. The minimum atomic E-state index is 0.549. The summed E-state index contributed by atoms with van der Waals surface area (Å²) >= 11 is 1.82. The van der Waals surface area contributed by atoms with Crippen LogP contribution in [-0.4, -0.2) is 24.0 Å². The van der Waals surface area contributed by atoms with Gasteiger partial charge in [-0.25, -0.2) is 0 Å². The maximum atomic E-state index is 9.92. The van der Waals surface area contributed by atoms with Gasteiger partial charge >= 0.3 is 0 Å². The number of carbonyl (C=O) groups is 1. The third kappa shape index (κ3) is 1.49. The third-order valence-corrected chi connectivity index (χ3v) is 2.35. The third-order valence-electron chi connectivity index (χ3n) is 1.15. The van der Waals surface area contributed by atoms with Crippen LogP contribution in [0.3, 0.4) is 0 Å². The molecule has 0 bridgehead atoms. The van der Waals surface area contributed by atoms with Crippen LogP contribution in [0.25, 0.3) is 0 Å². The Morgan fingerprint density at radius 3 is 3.25 bits per heavy atom. The summed E-state index contributed by atoms with van der Waals surface area (Å²) in [5, 5.41) is 3.71. The van der Waals surface area contributed by atoms with E-state index in [1.165, 1.54) is 0 Å². The quantitative estimate of drug-likeness (QED) is 0.544. The summed E-state index contributed by atoms with van der Waals surface area (Å²) in [6.45, 7) is 1.00. The summed E-state index contributed by atoms with van der Waals surface area (Å²) in [5.41, 5.74) is 0. The van der Waals surface area contributed by atoms with Crippen LogP contribution >= 0.6 is 11.8 Å². The fourth-order valence-electron chi connectivity index (χ4n) is 0.714. The lowest BCUT2D eigenvalue weighted by molar-refractivity contribution is -0.107. The van der Waals surface area contributed by atoms with Crippen molar-refractivity contribution in [3.05, 3.63) is 0 Å². The Bertz CT molecular complexity index is 80.5. The lowest BCUT2D eigenvalue weighted by Crippen LogP contribution is -2.12. The largest absolute Gasteiger partial charge is 0.307 e. The number of hydrogen-bond acceptors (Lipinski definition) is 3. The van der Waals surface area contributed by atoms with E-state index in [0.717, 1.165) is 18.7 Å². The van der Waals surface area contributed by atoms with Gasteiger partial charge in [-0.2, -0.15) is 0 Å². The van der Waals surface area contributed by atoms with Crippen LogP contribution in [0.15, 0.2) is 0 Å². The standard InChI is InChI=1S/C5H9NOS/c7-2-1-5-3-6-4-8-5/h2,5-6H,1,3-4H2/t5-/m0/s1.